The van der Waals surface area contributed by atoms with Crippen molar-refractivity contribution < 1.29 is 13.2 Å². The van der Waals surface area contributed by atoms with Gasteiger partial charge in [-0.1, -0.05) is 63.3 Å². The van der Waals surface area contributed by atoms with Crippen molar-refractivity contribution in [3.8, 4) is 22.5 Å². The molecule has 0 atom stereocenters. The van der Waals surface area contributed by atoms with Gasteiger partial charge in [-0.15, -0.1) is 0 Å². The first-order valence-electron chi connectivity index (χ1n) is 11.1. The molecule has 31 heavy (non-hydrogen) atoms. The second-order valence-corrected chi connectivity index (χ2v) is 8.57. The van der Waals surface area contributed by atoms with E-state index < -0.39 is 17.5 Å². The normalized spacial score (nSPS) is 15.7. The van der Waals surface area contributed by atoms with Crippen LogP contribution in [-0.4, -0.2) is 9.97 Å². The number of hydrogen-bond acceptors (Lipinski definition) is 2. The minimum absolute atomic E-state index is 0.105. The zero-order chi connectivity index (χ0) is 21.8. The fraction of sp³-hybridized carbons (Fsp3) is 0.385. The molecule has 2 aromatic carbocycles. The summed E-state index contributed by atoms with van der Waals surface area (Å²) in [4.78, 5) is 8.47. The van der Waals surface area contributed by atoms with E-state index in [0.717, 1.165) is 23.3 Å². The molecule has 162 valence electrons. The van der Waals surface area contributed by atoms with Crippen molar-refractivity contribution in [2.75, 3.05) is 0 Å². The van der Waals surface area contributed by atoms with Crippen LogP contribution in [0.4, 0.5) is 13.2 Å². The molecular formula is C26H27F3N2. The van der Waals surface area contributed by atoms with Gasteiger partial charge in [-0.3, -0.25) is 0 Å². The average Bonchev–Trinajstić information content (AvgIpc) is 2.82. The highest BCUT2D eigenvalue weighted by molar-refractivity contribution is 5.64. The Morgan fingerprint density at radius 3 is 2.00 bits per heavy atom. The van der Waals surface area contributed by atoms with E-state index in [-0.39, 0.29) is 11.4 Å². The van der Waals surface area contributed by atoms with Crippen molar-refractivity contribution in [3.63, 3.8) is 0 Å². The Morgan fingerprint density at radius 1 is 0.806 bits per heavy atom. The zero-order valence-electron chi connectivity index (χ0n) is 17.8. The van der Waals surface area contributed by atoms with Crippen LogP contribution >= 0.6 is 0 Å². The number of unbranched alkanes of at least 4 members (excludes halogenated alkanes) is 1. The average molecular weight is 425 g/mol. The van der Waals surface area contributed by atoms with Gasteiger partial charge >= 0.3 is 0 Å². The second kappa shape index (κ2) is 9.21. The molecule has 1 aliphatic rings. The van der Waals surface area contributed by atoms with E-state index in [1.165, 1.54) is 56.9 Å². The van der Waals surface area contributed by atoms with Crippen LogP contribution in [0.2, 0.25) is 0 Å². The van der Waals surface area contributed by atoms with Crippen molar-refractivity contribution in [2.24, 2.45) is 0 Å². The van der Waals surface area contributed by atoms with Gasteiger partial charge in [-0.25, -0.2) is 23.1 Å². The zero-order valence-corrected chi connectivity index (χ0v) is 17.8. The Bertz CT molecular complexity index is 1000. The summed E-state index contributed by atoms with van der Waals surface area (Å²) in [5.41, 5.74) is 3.63. The van der Waals surface area contributed by atoms with E-state index in [1.807, 2.05) is 0 Å². The monoisotopic (exact) mass is 424 g/mol. The van der Waals surface area contributed by atoms with Gasteiger partial charge in [-0.05, 0) is 47.9 Å². The lowest BCUT2D eigenvalue weighted by Crippen LogP contribution is -2.29. The first-order chi connectivity index (χ1) is 15.0. The highest BCUT2D eigenvalue weighted by atomic mass is 19.2. The molecule has 4 rings (SSSR count). The molecule has 3 aromatic rings. The maximum Gasteiger partial charge on any atom is 0.194 e. The second-order valence-electron chi connectivity index (χ2n) is 8.57. The largest absolute Gasteiger partial charge is 0.236 e. The molecule has 0 unspecified atom stereocenters. The van der Waals surface area contributed by atoms with E-state index in [0.29, 0.717) is 5.41 Å². The number of hydrogen-bond donors (Lipinski definition) is 0. The molecule has 1 fully saturated rings. The van der Waals surface area contributed by atoms with Crippen LogP contribution < -0.4 is 0 Å². The lowest BCUT2D eigenvalue weighted by Gasteiger charge is -2.38. The van der Waals surface area contributed by atoms with Crippen LogP contribution in [0, 0.1) is 17.5 Å². The van der Waals surface area contributed by atoms with Crippen LogP contribution in [-0.2, 0) is 5.41 Å². The summed E-state index contributed by atoms with van der Waals surface area (Å²) in [5.74, 6) is -3.84. The quantitative estimate of drug-likeness (QED) is 0.380. The third-order valence-electron chi connectivity index (χ3n) is 6.54. The molecule has 0 spiro atoms. The molecule has 0 radical (unpaired) electrons. The molecule has 2 nitrogen and oxygen atoms in total. The van der Waals surface area contributed by atoms with Gasteiger partial charge in [0.15, 0.2) is 23.3 Å². The van der Waals surface area contributed by atoms with Gasteiger partial charge in [-0.2, -0.15) is 0 Å². The maximum atomic E-state index is 13.5. The fourth-order valence-corrected chi connectivity index (χ4v) is 4.75. The molecule has 0 amide bonds. The smallest absolute Gasteiger partial charge is 0.194 e. The minimum atomic E-state index is -1.49. The van der Waals surface area contributed by atoms with Gasteiger partial charge < -0.3 is 0 Å². The van der Waals surface area contributed by atoms with E-state index in [2.05, 4.69) is 41.2 Å². The first kappa shape index (κ1) is 21.5. The number of benzene rings is 2. The van der Waals surface area contributed by atoms with E-state index in [1.54, 1.807) is 12.4 Å². The van der Waals surface area contributed by atoms with Crippen molar-refractivity contribution in [3.05, 3.63) is 71.8 Å². The number of rotatable bonds is 6. The molecule has 0 N–H and O–H groups in total. The van der Waals surface area contributed by atoms with Crippen LogP contribution in [0.1, 0.15) is 63.9 Å². The van der Waals surface area contributed by atoms with E-state index in [4.69, 9.17) is 0 Å². The summed E-state index contributed by atoms with van der Waals surface area (Å²) in [6.45, 7) is 2.25. The van der Waals surface area contributed by atoms with Crippen molar-refractivity contribution in [1.29, 1.82) is 0 Å². The van der Waals surface area contributed by atoms with Crippen molar-refractivity contribution in [1.82, 2.24) is 9.97 Å². The predicted molar refractivity (Wildman–Crippen MR) is 117 cm³/mol. The first-order valence-corrected chi connectivity index (χ1v) is 11.1. The fourth-order valence-electron chi connectivity index (χ4n) is 4.75. The SMILES string of the molecule is CCCCC1(c2ccc(-c3cnc(-c4cc(F)c(F)c(F)c4)nc3)cc2)CCCCC1. The molecule has 0 saturated heterocycles. The molecule has 5 heteroatoms. The van der Waals surface area contributed by atoms with E-state index in [9.17, 15) is 13.2 Å². The third kappa shape index (κ3) is 4.51. The third-order valence-corrected chi connectivity index (χ3v) is 6.54. The molecule has 1 saturated carbocycles. The van der Waals surface area contributed by atoms with Crippen LogP contribution in [0.5, 0.6) is 0 Å². The Labute approximate surface area is 181 Å². The highest BCUT2D eigenvalue weighted by Gasteiger charge is 2.33. The van der Waals surface area contributed by atoms with Gasteiger partial charge in [0.1, 0.15) is 0 Å². The molecule has 1 heterocycles. The van der Waals surface area contributed by atoms with Gasteiger partial charge in [0.2, 0.25) is 0 Å². The van der Waals surface area contributed by atoms with Gasteiger partial charge in [0.25, 0.3) is 0 Å². The minimum Gasteiger partial charge on any atom is -0.236 e. The Morgan fingerprint density at radius 2 is 1.42 bits per heavy atom. The summed E-state index contributed by atoms with van der Waals surface area (Å²) in [5, 5.41) is 0. The lowest BCUT2D eigenvalue weighted by molar-refractivity contribution is 0.267. The van der Waals surface area contributed by atoms with Gasteiger partial charge in [0, 0.05) is 23.5 Å². The molecular weight excluding hydrogens is 397 g/mol. The van der Waals surface area contributed by atoms with E-state index >= 15 is 0 Å². The van der Waals surface area contributed by atoms with Crippen LogP contribution in [0.25, 0.3) is 22.5 Å². The van der Waals surface area contributed by atoms with Gasteiger partial charge in [0.05, 0.1) is 0 Å². The Kier molecular flexibility index (Phi) is 6.40. The molecule has 0 bridgehead atoms. The molecule has 1 aliphatic carbocycles. The van der Waals surface area contributed by atoms with Crippen LogP contribution in [0.15, 0.2) is 48.8 Å². The number of aromatic nitrogens is 2. The summed E-state index contributed by atoms with van der Waals surface area (Å²) >= 11 is 0. The Hall–Kier alpha value is -2.69. The number of halogens is 3. The Balaban J connectivity index is 1.56. The van der Waals surface area contributed by atoms with Crippen LogP contribution in [0.3, 0.4) is 0 Å². The topological polar surface area (TPSA) is 25.8 Å². The summed E-state index contributed by atoms with van der Waals surface area (Å²) in [7, 11) is 0. The predicted octanol–water partition coefficient (Wildman–Crippen LogP) is 7.62. The standard InChI is InChI=1S/C26H27F3N2/c1-2-3-11-26(12-5-4-6-13-26)21-9-7-18(8-10-21)20-16-30-25(31-17-20)19-14-22(27)24(29)23(28)15-19/h7-10,14-17H,2-6,11-13H2,1H3. The molecule has 0 aliphatic heterocycles. The summed E-state index contributed by atoms with van der Waals surface area (Å²) in [6, 6.07) is 10.5. The van der Waals surface area contributed by atoms with Crippen molar-refractivity contribution >= 4 is 0 Å². The summed E-state index contributed by atoms with van der Waals surface area (Å²) < 4.78 is 40.2. The number of nitrogens with zero attached hydrogens (tertiary/aromatic N) is 2. The summed E-state index contributed by atoms with van der Waals surface area (Å²) in [6.07, 6.45) is 13.4. The lowest BCUT2D eigenvalue weighted by atomic mass is 9.66. The van der Waals surface area contributed by atoms with Crippen molar-refractivity contribution in [2.45, 2.75) is 63.7 Å². The maximum absolute atomic E-state index is 13.5. The highest BCUT2D eigenvalue weighted by Crippen LogP contribution is 2.43. The molecule has 1 aromatic heterocycles.